The van der Waals surface area contributed by atoms with E-state index in [1.165, 1.54) is 28.3 Å². The van der Waals surface area contributed by atoms with Crippen LogP contribution in [0, 0.1) is 6.92 Å². The molecule has 1 aliphatic heterocycles. The number of alkyl halides is 3. The molecule has 1 aliphatic rings. The van der Waals surface area contributed by atoms with Crippen molar-refractivity contribution in [1.82, 2.24) is 29.4 Å². The predicted molar refractivity (Wildman–Crippen MR) is 154 cm³/mol. The lowest BCUT2D eigenvalue weighted by molar-refractivity contribution is -0.143. The monoisotopic (exact) mass is 614 g/mol. The summed E-state index contributed by atoms with van der Waals surface area (Å²) < 4.78 is 59.6. The zero-order valence-corrected chi connectivity index (χ0v) is 24.9. The zero-order chi connectivity index (χ0) is 31.8. The Morgan fingerprint density at radius 2 is 1.77 bits per heavy atom. The van der Waals surface area contributed by atoms with Crippen LogP contribution in [0.2, 0.25) is 0 Å². The summed E-state index contributed by atoms with van der Waals surface area (Å²) in [5.74, 6) is 0.742. The van der Waals surface area contributed by atoms with Gasteiger partial charge in [0, 0.05) is 48.4 Å². The van der Waals surface area contributed by atoms with Crippen LogP contribution in [0.4, 0.5) is 13.2 Å². The molecule has 2 atom stereocenters. The first-order chi connectivity index (χ1) is 21.0. The molecule has 1 saturated heterocycles. The highest BCUT2D eigenvalue weighted by atomic mass is 19.4. The van der Waals surface area contributed by atoms with Crippen molar-refractivity contribution in [2.75, 3.05) is 47.6 Å². The van der Waals surface area contributed by atoms with Crippen molar-refractivity contribution < 1.29 is 37.3 Å². The first-order valence-corrected chi connectivity index (χ1v) is 13.9. The fourth-order valence-corrected chi connectivity index (χ4v) is 5.69. The molecule has 4 aromatic rings. The van der Waals surface area contributed by atoms with E-state index in [9.17, 15) is 23.1 Å². The van der Waals surface area contributed by atoms with Gasteiger partial charge in [0.15, 0.2) is 11.3 Å². The van der Waals surface area contributed by atoms with E-state index in [0.717, 1.165) is 6.20 Å². The summed E-state index contributed by atoms with van der Waals surface area (Å²) in [6, 6.07) is 9.14. The van der Waals surface area contributed by atoms with Crippen LogP contribution >= 0.6 is 0 Å². The van der Waals surface area contributed by atoms with E-state index in [-0.39, 0.29) is 41.7 Å². The van der Waals surface area contributed by atoms with E-state index < -0.39 is 23.8 Å². The summed E-state index contributed by atoms with van der Waals surface area (Å²) in [6.45, 7) is 3.97. The first-order valence-electron chi connectivity index (χ1n) is 13.9. The van der Waals surface area contributed by atoms with Crippen molar-refractivity contribution in [2.24, 2.45) is 0 Å². The number of piperazine rings is 1. The Morgan fingerprint density at radius 1 is 1.05 bits per heavy atom. The van der Waals surface area contributed by atoms with Crippen molar-refractivity contribution >= 4 is 11.6 Å². The molecule has 5 rings (SSSR count). The van der Waals surface area contributed by atoms with Crippen molar-refractivity contribution in [3.63, 3.8) is 0 Å². The molecule has 1 aromatic carbocycles. The van der Waals surface area contributed by atoms with Gasteiger partial charge in [0.25, 0.3) is 5.91 Å². The van der Waals surface area contributed by atoms with Gasteiger partial charge < -0.3 is 24.2 Å². The Bertz CT molecular complexity index is 1660. The Morgan fingerprint density at radius 3 is 2.36 bits per heavy atom. The Balaban J connectivity index is 1.47. The number of benzene rings is 1. The van der Waals surface area contributed by atoms with Gasteiger partial charge >= 0.3 is 6.18 Å². The van der Waals surface area contributed by atoms with E-state index in [1.54, 1.807) is 41.3 Å². The molecule has 234 valence electrons. The number of aliphatic hydroxyl groups is 1. The third-order valence-corrected chi connectivity index (χ3v) is 7.91. The van der Waals surface area contributed by atoms with Gasteiger partial charge in [0.2, 0.25) is 11.8 Å². The van der Waals surface area contributed by atoms with Gasteiger partial charge in [-0.2, -0.15) is 23.3 Å². The molecule has 0 bridgehead atoms. The molecule has 14 heteroatoms. The van der Waals surface area contributed by atoms with Crippen molar-refractivity contribution in [2.45, 2.75) is 32.1 Å². The molecule has 1 N–H and O–H groups in total. The highest BCUT2D eigenvalue weighted by Crippen LogP contribution is 2.37. The fourth-order valence-electron chi connectivity index (χ4n) is 5.69. The Hall–Kier alpha value is -4.43. The molecule has 4 heterocycles. The average Bonchev–Trinajstić information content (AvgIpc) is 3.43. The molecule has 3 aromatic heterocycles. The lowest BCUT2D eigenvalue weighted by atomic mass is 10.0. The summed E-state index contributed by atoms with van der Waals surface area (Å²) in [7, 11) is 4.47. The molecular weight excluding hydrogens is 581 g/mol. The number of amides is 1. The van der Waals surface area contributed by atoms with Gasteiger partial charge in [-0.05, 0) is 44.2 Å². The normalized spacial score (nSPS) is 16.7. The molecule has 1 amide bonds. The van der Waals surface area contributed by atoms with Gasteiger partial charge in [0.05, 0.1) is 45.9 Å². The van der Waals surface area contributed by atoms with Gasteiger partial charge in [0.1, 0.15) is 11.3 Å². The van der Waals surface area contributed by atoms with E-state index in [0.29, 0.717) is 46.2 Å². The predicted octanol–water partition coefficient (Wildman–Crippen LogP) is 4.02. The molecule has 0 aliphatic carbocycles. The first kappa shape index (κ1) is 31.0. The van der Waals surface area contributed by atoms with Gasteiger partial charge in [-0.3, -0.25) is 9.69 Å². The maximum Gasteiger partial charge on any atom is 0.433 e. The SMILES string of the molecule is COc1ccc(-c2nc3c(C(=O)N4CCN([C@@H](CO)c5ccc(OC)nc5OC)C[C@H]4C)cnn3c(C(F)(F)F)c2C)cc1. The molecule has 0 spiro atoms. The number of hydrogen-bond donors (Lipinski definition) is 1. The summed E-state index contributed by atoms with van der Waals surface area (Å²) in [5.41, 5.74) is -0.142. The maximum absolute atomic E-state index is 14.4. The number of rotatable bonds is 8. The number of aromatic nitrogens is 4. The number of ether oxygens (including phenoxy) is 3. The van der Waals surface area contributed by atoms with Crippen LogP contribution in [-0.2, 0) is 6.18 Å². The number of carbonyl (C=O) groups is 1. The van der Waals surface area contributed by atoms with E-state index in [4.69, 9.17) is 14.2 Å². The molecule has 0 radical (unpaired) electrons. The minimum atomic E-state index is -4.76. The molecule has 0 unspecified atom stereocenters. The number of pyridine rings is 1. The Kier molecular flexibility index (Phi) is 8.66. The summed E-state index contributed by atoms with van der Waals surface area (Å²) in [6.07, 6.45) is -3.62. The number of aliphatic hydroxyl groups excluding tert-OH is 1. The largest absolute Gasteiger partial charge is 0.497 e. The maximum atomic E-state index is 14.4. The van der Waals surface area contributed by atoms with Crippen LogP contribution in [0.15, 0.2) is 42.6 Å². The fraction of sp³-hybridized carbons (Fsp3) is 0.400. The third-order valence-electron chi connectivity index (χ3n) is 7.91. The molecule has 44 heavy (non-hydrogen) atoms. The summed E-state index contributed by atoms with van der Waals surface area (Å²) >= 11 is 0. The highest BCUT2D eigenvalue weighted by molar-refractivity contribution is 6.00. The number of halogens is 3. The number of hydrogen-bond acceptors (Lipinski definition) is 9. The van der Waals surface area contributed by atoms with Crippen LogP contribution in [0.25, 0.3) is 16.9 Å². The number of carbonyl (C=O) groups excluding carboxylic acids is 1. The van der Waals surface area contributed by atoms with Gasteiger partial charge in [-0.15, -0.1) is 0 Å². The van der Waals surface area contributed by atoms with Gasteiger partial charge in [-0.25, -0.2) is 9.50 Å². The Labute approximate surface area is 251 Å². The molecule has 0 saturated carbocycles. The van der Waals surface area contributed by atoms with Crippen molar-refractivity contribution in [3.05, 3.63) is 65.0 Å². The smallest absolute Gasteiger partial charge is 0.433 e. The zero-order valence-electron chi connectivity index (χ0n) is 24.9. The van der Waals surface area contributed by atoms with Crippen LogP contribution in [0.1, 0.15) is 40.1 Å². The quantitative estimate of drug-likeness (QED) is 0.314. The summed E-state index contributed by atoms with van der Waals surface area (Å²) in [4.78, 5) is 26.3. The number of fused-ring (bicyclic) bond motifs is 1. The van der Waals surface area contributed by atoms with E-state index >= 15 is 0 Å². The lowest BCUT2D eigenvalue weighted by Gasteiger charge is -2.43. The summed E-state index contributed by atoms with van der Waals surface area (Å²) in [5, 5.41) is 14.3. The van der Waals surface area contributed by atoms with E-state index in [2.05, 4.69) is 15.1 Å². The highest BCUT2D eigenvalue weighted by Gasteiger charge is 2.40. The number of nitrogens with zero attached hydrogens (tertiary/aromatic N) is 6. The van der Waals surface area contributed by atoms with Crippen LogP contribution in [0.3, 0.4) is 0 Å². The second kappa shape index (κ2) is 12.3. The lowest BCUT2D eigenvalue weighted by Crippen LogP contribution is -2.55. The second-order valence-electron chi connectivity index (χ2n) is 10.4. The second-order valence-corrected chi connectivity index (χ2v) is 10.4. The van der Waals surface area contributed by atoms with Crippen LogP contribution in [-0.4, -0.2) is 94.0 Å². The topological polar surface area (TPSA) is 115 Å². The standard InChI is InChI=1S/C30H33F3N6O5/c1-17-15-37(23(16-40)21-10-11-24(43-4)35-28(21)44-5)12-13-38(17)29(41)22-14-34-39-26(30(31,32)33)18(2)25(36-27(22)39)19-6-8-20(42-3)9-7-19/h6-11,14,17,23,40H,12-13,15-16H2,1-5H3/t17-,23+/m1/s1. The van der Waals surface area contributed by atoms with Crippen molar-refractivity contribution in [3.8, 4) is 28.8 Å². The average molecular weight is 615 g/mol. The third kappa shape index (κ3) is 5.62. The van der Waals surface area contributed by atoms with Crippen LogP contribution in [0.5, 0.6) is 17.5 Å². The minimum Gasteiger partial charge on any atom is -0.497 e. The minimum absolute atomic E-state index is 0.0368. The van der Waals surface area contributed by atoms with Crippen molar-refractivity contribution in [1.29, 1.82) is 0 Å². The molecule has 11 nitrogen and oxygen atoms in total. The molecular formula is C30H33F3N6O5. The number of methoxy groups -OCH3 is 3. The van der Waals surface area contributed by atoms with Gasteiger partial charge in [-0.1, -0.05) is 0 Å². The van der Waals surface area contributed by atoms with E-state index in [1.807, 2.05) is 11.8 Å². The molecule has 1 fully saturated rings. The van der Waals surface area contributed by atoms with Crippen LogP contribution < -0.4 is 14.2 Å².